The third-order valence-electron chi connectivity index (χ3n) is 3.67. The number of hydrogen-bond acceptors (Lipinski definition) is 3. The lowest BCUT2D eigenvalue weighted by Gasteiger charge is -2.19. The quantitative estimate of drug-likeness (QED) is 0.885. The van der Waals surface area contributed by atoms with E-state index in [2.05, 4.69) is 30.3 Å². The summed E-state index contributed by atoms with van der Waals surface area (Å²) in [6.45, 7) is 6.92. The largest absolute Gasteiger partial charge is 0.478 e. The van der Waals surface area contributed by atoms with Crippen molar-refractivity contribution in [2.75, 3.05) is 13.7 Å². The number of imidazole rings is 1. The Bertz CT molecular complexity index is 646. The Balaban J connectivity index is 2.63. The van der Waals surface area contributed by atoms with Gasteiger partial charge in [0.15, 0.2) is 0 Å². The van der Waals surface area contributed by atoms with Crippen LogP contribution >= 0.6 is 0 Å². The number of para-hydroxylation sites is 1. The van der Waals surface area contributed by atoms with Crippen molar-refractivity contribution in [2.24, 2.45) is 0 Å². The number of carboxylic acids is 1. The smallest absolute Gasteiger partial charge is 0.337 e. The topological polar surface area (TPSA) is 64.4 Å². The van der Waals surface area contributed by atoms with Gasteiger partial charge in [0.2, 0.25) is 0 Å². The van der Waals surface area contributed by atoms with Crippen molar-refractivity contribution in [3.63, 3.8) is 0 Å². The summed E-state index contributed by atoms with van der Waals surface area (Å²) < 4.78 is 7.30. The van der Waals surface area contributed by atoms with Gasteiger partial charge in [0.05, 0.1) is 11.1 Å². The summed E-state index contributed by atoms with van der Waals surface area (Å²) in [5, 5.41) is 9.33. The van der Waals surface area contributed by atoms with Gasteiger partial charge in [-0.1, -0.05) is 19.9 Å². The van der Waals surface area contributed by atoms with Crippen LogP contribution in [0.2, 0.25) is 0 Å². The number of carboxylic acid groups (broad SMARTS) is 1. The van der Waals surface area contributed by atoms with Crippen molar-refractivity contribution in [3.05, 3.63) is 29.6 Å². The number of aromatic nitrogens is 2. The van der Waals surface area contributed by atoms with Gasteiger partial charge in [0.25, 0.3) is 0 Å². The maximum Gasteiger partial charge on any atom is 0.337 e. The average Bonchev–Trinajstić information content (AvgIpc) is 2.83. The predicted octanol–water partition coefficient (Wildman–Crippen LogP) is 3.46. The molecule has 1 aromatic heterocycles. The highest BCUT2D eigenvalue weighted by atomic mass is 16.5. The summed E-state index contributed by atoms with van der Waals surface area (Å²) in [6, 6.07) is 5.52. The third kappa shape index (κ3) is 2.93. The minimum absolute atomic E-state index is 0.205. The maximum atomic E-state index is 11.4. The van der Waals surface area contributed by atoms with Gasteiger partial charge < -0.3 is 14.4 Å². The molecule has 0 radical (unpaired) electrons. The predicted molar refractivity (Wildman–Crippen MR) is 82.0 cm³/mol. The molecule has 0 saturated carbocycles. The lowest BCUT2D eigenvalue weighted by molar-refractivity contribution is 0.0699. The van der Waals surface area contributed by atoms with Gasteiger partial charge in [-0.05, 0) is 25.5 Å². The van der Waals surface area contributed by atoms with E-state index in [1.807, 2.05) is 6.07 Å². The number of nitrogens with zero attached hydrogens (tertiary/aromatic N) is 2. The molecule has 1 heterocycles. The zero-order valence-corrected chi connectivity index (χ0v) is 13.0. The Morgan fingerprint density at radius 1 is 1.38 bits per heavy atom. The molecule has 1 unspecified atom stereocenters. The number of rotatable bonds is 6. The second kappa shape index (κ2) is 6.26. The fraction of sp³-hybridized carbons (Fsp3) is 0.500. The molecule has 0 spiro atoms. The molecule has 2 rings (SSSR count). The van der Waals surface area contributed by atoms with Crippen molar-refractivity contribution >= 4 is 17.0 Å². The molecule has 1 atom stereocenters. The van der Waals surface area contributed by atoms with Gasteiger partial charge in [0, 0.05) is 25.7 Å². The lowest BCUT2D eigenvalue weighted by atomic mass is 10.1. The summed E-state index contributed by atoms with van der Waals surface area (Å²) in [5.41, 5.74) is 1.70. The lowest BCUT2D eigenvalue weighted by Crippen LogP contribution is -2.12. The van der Waals surface area contributed by atoms with Crippen LogP contribution in [0.15, 0.2) is 18.2 Å². The van der Waals surface area contributed by atoms with E-state index >= 15 is 0 Å². The fourth-order valence-electron chi connectivity index (χ4n) is 2.60. The van der Waals surface area contributed by atoms with Gasteiger partial charge in [-0.3, -0.25) is 0 Å². The van der Waals surface area contributed by atoms with Crippen molar-refractivity contribution in [2.45, 2.75) is 39.2 Å². The highest BCUT2D eigenvalue weighted by Crippen LogP contribution is 2.29. The van der Waals surface area contributed by atoms with E-state index in [4.69, 9.17) is 4.74 Å². The molecule has 0 amide bonds. The van der Waals surface area contributed by atoms with Crippen molar-refractivity contribution in [3.8, 4) is 0 Å². The second-order valence-electron chi connectivity index (χ2n) is 5.60. The fourth-order valence-corrected chi connectivity index (χ4v) is 2.60. The van der Waals surface area contributed by atoms with Gasteiger partial charge in [-0.25, -0.2) is 9.78 Å². The highest BCUT2D eigenvalue weighted by Gasteiger charge is 2.21. The molecule has 1 N–H and O–H groups in total. The van der Waals surface area contributed by atoms with Crippen LogP contribution in [0.1, 0.15) is 55.3 Å². The summed E-state index contributed by atoms with van der Waals surface area (Å²) in [4.78, 5) is 16.0. The molecular weight excluding hydrogens is 268 g/mol. The number of carbonyl (C=O) groups is 1. The molecular formula is C16H22N2O3. The minimum Gasteiger partial charge on any atom is -0.478 e. The number of ether oxygens (including phenoxy) is 1. The summed E-state index contributed by atoms with van der Waals surface area (Å²) in [7, 11) is 1.69. The van der Waals surface area contributed by atoms with E-state index in [1.165, 1.54) is 0 Å². The number of benzene rings is 1. The first-order valence-electron chi connectivity index (χ1n) is 7.20. The SMILES string of the molecule is COCCC(C)n1c(C(C)C)nc2c(C(=O)O)cccc21. The summed E-state index contributed by atoms with van der Waals surface area (Å²) >= 11 is 0. The molecule has 0 aliphatic heterocycles. The van der Waals surface area contributed by atoms with Crippen LogP contribution in [0, 0.1) is 0 Å². The van der Waals surface area contributed by atoms with Crippen LogP contribution in [-0.4, -0.2) is 34.3 Å². The van der Waals surface area contributed by atoms with E-state index in [9.17, 15) is 9.90 Å². The third-order valence-corrected chi connectivity index (χ3v) is 3.67. The Morgan fingerprint density at radius 2 is 2.10 bits per heavy atom. The van der Waals surface area contributed by atoms with E-state index in [0.717, 1.165) is 17.8 Å². The van der Waals surface area contributed by atoms with E-state index in [0.29, 0.717) is 12.1 Å². The molecule has 114 valence electrons. The van der Waals surface area contributed by atoms with Gasteiger partial charge in [0.1, 0.15) is 11.3 Å². The molecule has 2 aromatic rings. The molecule has 1 aromatic carbocycles. The molecule has 21 heavy (non-hydrogen) atoms. The normalized spacial score (nSPS) is 13.0. The second-order valence-corrected chi connectivity index (χ2v) is 5.60. The molecule has 0 bridgehead atoms. The first-order chi connectivity index (χ1) is 9.97. The Kier molecular flexibility index (Phi) is 4.63. The van der Waals surface area contributed by atoms with Crippen LogP contribution in [0.4, 0.5) is 0 Å². The van der Waals surface area contributed by atoms with Gasteiger partial charge in [-0.2, -0.15) is 0 Å². The van der Waals surface area contributed by atoms with Crippen LogP contribution in [0.25, 0.3) is 11.0 Å². The minimum atomic E-state index is -0.940. The number of aromatic carboxylic acids is 1. The molecule has 0 aliphatic carbocycles. The summed E-state index contributed by atoms with van der Waals surface area (Å²) in [6.07, 6.45) is 0.860. The van der Waals surface area contributed by atoms with Crippen LogP contribution in [0.5, 0.6) is 0 Å². The van der Waals surface area contributed by atoms with E-state index in [-0.39, 0.29) is 17.5 Å². The molecule has 0 fully saturated rings. The number of fused-ring (bicyclic) bond motifs is 1. The van der Waals surface area contributed by atoms with Crippen LogP contribution in [-0.2, 0) is 4.74 Å². The van der Waals surface area contributed by atoms with Crippen LogP contribution < -0.4 is 0 Å². The number of hydrogen-bond donors (Lipinski definition) is 1. The highest BCUT2D eigenvalue weighted by molar-refractivity contribution is 6.01. The monoisotopic (exact) mass is 290 g/mol. The molecule has 5 nitrogen and oxygen atoms in total. The standard InChI is InChI=1S/C16H22N2O3/c1-10(2)15-17-14-12(16(19)20)6-5-7-13(14)18(15)11(3)8-9-21-4/h5-7,10-11H,8-9H2,1-4H3,(H,19,20). The molecule has 5 heteroatoms. The zero-order valence-electron chi connectivity index (χ0n) is 13.0. The molecule has 0 aliphatic rings. The van der Waals surface area contributed by atoms with Crippen molar-refractivity contribution in [1.82, 2.24) is 9.55 Å². The Hall–Kier alpha value is -1.88. The van der Waals surface area contributed by atoms with Crippen LogP contribution in [0.3, 0.4) is 0 Å². The van der Waals surface area contributed by atoms with Crippen molar-refractivity contribution < 1.29 is 14.6 Å². The Labute approximate surface area is 124 Å². The number of methoxy groups -OCH3 is 1. The van der Waals surface area contributed by atoms with E-state index < -0.39 is 5.97 Å². The molecule has 0 saturated heterocycles. The zero-order chi connectivity index (χ0) is 15.6. The summed E-state index contributed by atoms with van der Waals surface area (Å²) in [5.74, 6) is 0.205. The van der Waals surface area contributed by atoms with Crippen molar-refractivity contribution in [1.29, 1.82) is 0 Å². The maximum absolute atomic E-state index is 11.4. The van der Waals surface area contributed by atoms with Gasteiger partial charge in [-0.15, -0.1) is 0 Å². The first-order valence-corrected chi connectivity index (χ1v) is 7.20. The first kappa shape index (κ1) is 15.5. The van der Waals surface area contributed by atoms with Gasteiger partial charge >= 0.3 is 5.97 Å². The van der Waals surface area contributed by atoms with E-state index in [1.54, 1.807) is 19.2 Å². The Morgan fingerprint density at radius 3 is 2.67 bits per heavy atom. The average molecular weight is 290 g/mol.